The van der Waals surface area contributed by atoms with Crippen molar-refractivity contribution in [1.82, 2.24) is 4.57 Å². The lowest BCUT2D eigenvalue weighted by molar-refractivity contribution is 0.0474. The zero-order valence-corrected chi connectivity index (χ0v) is 15.5. The van der Waals surface area contributed by atoms with E-state index in [2.05, 4.69) is 0 Å². The number of nitrogens with zero attached hydrogens (tertiary/aromatic N) is 1. The summed E-state index contributed by atoms with van der Waals surface area (Å²) in [6, 6.07) is 12.1. The Balaban J connectivity index is 1.66. The molecule has 0 saturated carbocycles. The van der Waals surface area contributed by atoms with Crippen LogP contribution in [0.3, 0.4) is 0 Å². The smallest absolute Gasteiger partial charge is 0.338 e. The number of aryl methyl sites for hydroxylation is 1. The van der Waals surface area contributed by atoms with Gasteiger partial charge in [0, 0.05) is 17.0 Å². The van der Waals surface area contributed by atoms with Crippen molar-refractivity contribution in [3.63, 3.8) is 0 Å². The molecule has 0 bridgehead atoms. The molecule has 3 rings (SSSR count). The molecule has 6 nitrogen and oxygen atoms in total. The average molecular weight is 367 g/mol. The SMILES string of the molecule is COc1ccc(C(=O)OCC(=O)c2cc(C)n(Cc3ccco3)c2C)cc1. The number of methoxy groups -OCH3 is 1. The van der Waals surface area contributed by atoms with Gasteiger partial charge in [-0.2, -0.15) is 0 Å². The van der Waals surface area contributed by atoms with Crippen molar-refractivity contribution in [2.24, 2.45) is 0 Å². The van der Waals surface area contributed by atoms with Crippen LogP contribution in [0.1, 0.15) is 37.9 Å². The van der Waals surface area contributed by atoms with E-state index in [1.807, 2.05) is 36.6 Å². The average Bonchev–Trinajstić information content (AvgIpc) is 3.29. The third-order valence-corrected chi connectivity index (χ3v) is 4.43. The molecule has 2 heterocycles. The minimum Gasteiger partial charge on any atom is -0.497 e. The molecule has 2 aromatic heterocycles. The molecule has 0 unspecified atom stereocenters. The van der Waals surface area contributed by atoms with Crippen LogP contribution in [0, 0.1) is 13.8 Å². The standard InChI is InChI=1S/C21H21NO5/c1-14-11-19(15(2)22(14)12-18-5-4-10-26-18)20(23)13-27-21(24)16-6-8-17(25-3)9-7-16/h4-11H,12-13H2,1-3H3. The highest BCUT2D eigenvalue weighted by atomic mass is 16.5. The number of esters is 1. The first-order valence-electron chi connectivity index (χ1n) is 8.53. The molecule has 1 aromatic carbocycles. The maximum absolute atomic E-state index is 12.5. The van der Waals surface area contributed by atoms with Gasteiger partial charge in [0.1, 0.15) is 11.5 Å². The number of hydrogen-bond donors (Lipinski definition) is 0. The van der Waals surface area contributed by atoms with Gasteiger partial charge in [-0.1, -0.05) is 0 Å². The predicted octanol–water partition coefficient (Wildman–Crippen LogP) is 3.79. The quantitative estimate of drug-likeness (QED) is 0.469. The monoisotopic (exact) mass is 367 g/mol. The Bertz CT molecular complexity index is 936. The molecule has 0 radical (unpaired) electrons. The molecule has 3 aromatic rings. The summed E-state index contributed by atoms with van der Waals surface area (Å²) < 4.78 is 17.6. The van der Waals surface area contributed by atoms with Crippen molar-refractivity contribution < 1.29 is 23.5 Å². The molecule has 0 saturated heterocycles. The summed E-state index contributed by atoms with van der Waals surface area (Å²) in [5, 5.41) is 0. The number of rotatable bonds is 7. The Morgan fingerprint density at radius 2 is 1.85 bits per heavy atom. The summed E-state index contributed by atoms with van der Waals surface area (Å²) in [6.45, 7) is 4.03. The summed E-state index contributed by atoms with van der Waals surface area (Å²) in [4.78, 5) is 24.7. The number of carbonyl (C=O) groups excluding carboxylic acids is 2. The second-order valence-corrected chi connectivity index (χ2v) is 6.18. The number of ketones is 1. The van der Waals surface area contributed by atoms with Gasteiger partial charge in [0.15, 0.2) is 6.61 Å². The maximum Gasteiger partial charge on any atom is 0.338 e. The van der Waals surface area contributed by atoms with E-state index in [0.717, 1.165) is 17.1 Å². The van der Waals surface area contributed by atoms with Crippen molar-refractivity contribution in [2.75, 3.05) is 13.7 Å². The van der Waals surface area contributed by atoms with Gasteiger partial charge in [-0.3, -0.25) is 4.79 Å². The van der Waals surface area contributed by atoms with Crippen molar-refractivity contribution in [2.45, 2.75) is 20.4 Å². The van der Waals surface area contributed by atoms with E-state index in [1.54, 1.807) is 37.6 Å². The van der Waals surface area contributed by atoms with Crippen LogP contribution >= 0.6 is 0 Å². The van der Waals surface area contributed by atoms with Crippen LogP contribution in [0.5, 0.6) is 5.75 Å². The molecule has 0 aliphatic rings. The van der Waals surface area contributed by atoms with Crippen LogP contribution in [0.25, 0.3) is 0 Å². The first-order valence-corrected chi connectivity index (χ1v) is 8.53. The Kier molecular flexibility index (Phi) is 5.45. The van der Waals surface area contributed by atoms with Gasteiger partial charge >= 0.3 is 5.97 Å². The molecule has 6 heteroatoms. The third kappa shape index (κ3) is 4.11. The van der Waals surface area contributed by atoms with Crippen LogP contribution in [0.2, 0.25) is 0 Å². The molecule has 27 heavy (non-hydrogen) atoms. The summed E-state index contributed by atoms with van der Waals surface area (Å²) in [5.74, 6) is 0.666. The van der Waals surface area contributed by atoms with Gasteiger partial charge in [-0.25, -0.2) is 4.79 Å². The van der Waals surface area contributed by atoms with Gasteiger partial charge in [0.25, 0.3) is 0 Å². The van der Waals surface area contributed by atoms with Crippen molar-refractivity contribution in [1.29, 1.82) is 0 Å². The van der Waals surface area contributed by atoms with E-state index in [9.17, 15) is 9.59 Å². The van der Waals surface area contributed by atoms with Crippen LogP contribution in [-0.2, 0) is 11.3 Å². The predicted molar refractivity (Wildman–Crippen MR) is 99.3 cm³/mol. The van der Waals surface area contributed by atoms with Crippen LogP contribution < -0.4 is 4.74 Å². The van der Waals surface area contributed by atoms with E-state index in [0.29, 0.717) is 23.4 Å². The number of furan rings is 1. The van der Waals surface area contributed by atoms with E-state index in [-0.39, 0.29) is 12.4 Å². The highest BCUT2D eigenvalue weighted by Crippen LogP contribution is 2.18. The van der Waals surface area contributed by atoms with Crippen LogP contribution in [0.4, 0.5) is 0 Å². The number of hydrogen-bond acceptors (Lipinski definition) is 5. The molecular weight excluding hydrogens is 346 g/mol. The van der Waals surface area contributed by atoms with Gasteiger partial charge in [0.2, 0.25) is 5.78 Å². The normalized spacial score (nSPS) is 10.6. The maximum atomic E-state index is 12.5. The van der Waals surface area contributed by atoms with Gasteiger partial charge in [-0.05, 0) is 56.3 Å². The summed E-state index contributed by atoms with van der Waals surface area (Å²) in [7, 11) is 1.55. The van der Waals surface area contributed by atoms with Gasteiger partial charge in [-0.15, -0.1) is 0 Å². The largest absolute Gasteiger partial charge is 0.497 e. The fourth-order valence-corrected chi connectivity index (χ4v) is 2.90. The lowest BCUT2D eigenvalue weighted by Gasteiger charge is -2.08. The molecule has 0 aliphatic carbocycles. The molecule has 0 amide bonds. The van der Waals surface area contributed by atoms with E-state index >= 15 is 0 Å². The third-order valence-electron chi connectivity index (χ3n) is 4.43. The fraction of sp³-hybridized carbons (Fsp3) is 0.238. The molecule has 0 N–H and O–H groups in total. The molecule has 140 valence electrons. The Morgan fingerprint density at radius 1 is 1.11 bits per heavy atom. The van der Waals surface area contributed by atoms with Crippen molar-refractivity contribution in [3.8, 4) is 5.75 Å². The topological polar surface area (TPSA) is 70.7 Å². The van der Waals surface area contributed by atoms with Gasteiger partial charge < -0.3 is 18.5 Å². The number of aromatic nitrogens is 1. The Hall–Kier alpha value is -3.28. The lowest BCUT2D eigenvalue weighted by atomic mass is 10.1. The van der Waals surface area contributed by atoms with Crippen LogP contribution in [-0.4, -0.2) is 30.0 Å². The Labute approximate surface area is 157 Å². The second-order valence-electron chi connectivity index (χ2n) is 6.18. The number of carbonyl (C=O) groups is 2. The number of benzene rings is 1. The highest BCUT2D eigenvalue weighted by molar-refractivity contribution is 6.00. The van der Waals surface area contributed by atoms with E-state index in [4.69, 9.17) is 13.9 Å². The summed E-state index contributed by atoms with van der Waals surface area (Å²) >= 11 is 0. The zero-order valence-electron chi connectivity index (χ0n) is 15.5. The number of ether oxygens (including phenoxy) is 2. The molecule has 0 spiro atoms. The lowest BCUT2D eigenvalue weighted by Crippen LogP contribution is -2.15. The minimum absolute atomic E-state index is 0.240. The first kappa shape index (κ1) is 18.5. The highest BCUT2D eigenvalue weighted by Gasteiger charge is 2.18. The summed E-state index contributed by atoms with van der Waals surface area (Å²) in [5.41, 5.74) is 2.66. The fourth-order valence-electron chi connectivity index (χ4n) is 2.90. The van der Waals surface area contributed by atoms with Crippen LogP contribution in [0.15, 0.2) is 53.1 Å². The molecule has 0 fully saturated rings. The first-order chi connectivity index (χ1) is 13.0. The molecule has 0 atom stereocenters. The van der Waals surface area contributed by atoms with Crippen molar-refractivity contribution in [3.05, 3.63) is 77.0 Å². The molecular formula is C21H21NO5. The van der Waals surface area contributed by atoms with E-state index < -0.39 is 5.97 Å². The minimum atomic E-state index is -0.546. The second kappa shape index (κ2) is 7.95. The van der Waals surface area contributed by atoms with Crippen molar-refractivity contribution >= 4 is 11.8 Å². The van der Waals surface area contributed by atoms with E-state index in [1.165, 1.54) is 0 Å². The number of Topliss-reactive ketones (excluding diaryl/α,β-unsaturated/α-hetero) is 1. The Morgan fingerprint density at radius 3 is 2.48 bits per heavy atom. The molecule has 0 aliphatic heterocycles. The summed E-state index contributed by atoms with van der Waals surface area (Å²) in [6.07, 6.45) is 1.62. The van der Waals surface area contributed by atoms with Gasteiger partial charge in [0.05, 0.1) is 25.5 Å². The zero-order chi connectivity index (χ0) is 19.4.